The Hall–Kier alpha value is -4.19. The number of likely N-dealkylation sites (N-methyl/N-ethyl adjacent to an activating group) is 1. The maximum absolute atomic E-state index is 4.41. The minimum absolute atomic E-state index is 0.478. The van der Waals surface area contributed by atoms with Crippen LogP contribution in [0.1, 0.15) is 81.8 Å². The number of nitrogens with zero attached hydrogens (tertiary/aromatic N) is 5. The SMILES string of the molecule is Cc1ccc2c(c1)c1c3n2CC(C)C(c2ccncc2)C3CN(CCC2Cn3c4c(c5cc(C)ccc53)CN(C)CC4C2c2ccccc2)C1. The Morgan fingerprint density at radius 2 is 1.28 bits per heavy atom. The standard InChI is InChI=1S/C45H49N5/c1-28-11-13-41-34(20-28)36-24-47(4)25-38-43(31-8-6-5-7-9-31)33(23-50(41)44(36)38)16-19-48-26-37-35-21-29(2)10-12-40(35)49-22-30(3)42(39(27-48)45(37)49)32-14-17-46-18-15-32/h5-15,17-18,20-21,30,33,38-39,42-43H,16,19,22-27H2,1-4H3. The zero-order valence-corrected chi connectivity index (χ0v) is 30.0. The summed E-state index contributed by atoms with van der Waals surface area (Å²) in [5, 5.41) is 2.96. The predicted molar refractivity (Wildman–Crippen MR) is 204 cm³/mol. The molecule has 50 heavy (non-hydrogen) atoms. The second-order valence-corrected chi connectivity index (χ2v) is 16.4. The normalized spacial score (nSPS) is 26.3. The summed E-state index contributed by atoms with van der Waals surface area (Å²) in [6.07, 6.45) is 5.20. The molecule has 0 radical (unpaired) electrons. The highest BCUT2D eigenvalue weighted by Gasteiger charge is 2.45. The molecule has 0 saturated carbocycles. The van der Waals surface area contributed by atoms with E-state index < -0.39 is 0 Å². The Morgan fingerprint density at radius 1 is 0.660 bits per heavy atom. The summed E-state index contributed by atoms with van der Waals surface area (Å²) >= 11 is 0. The summed E-state index contributed by atoms with van der Waals surface area (Å²) in [5.41, 5.74) is 15.0. The quantitative estimate of drug-likeness (QED) is 0.185. The molecular formula is C45H49N5. The van der Waals surface area contributed by atoms with Gasteiger partial charge < -0.3 is 14.0 Å². The van der Waals surface area contributed by atoms with Crippen LogP contribution in [0.2, 0.25) is 0 Å². The largest absolute Gasteiger partial charge is 0.344 e. The second-order valence-electron chi connectivity index (χ2n) is 16.4. The van der Waals surface area contributed by atoms with Crippen LogP contribution in [0.25, 0.3) is 21.8 Å². The summed E-state index contributed by atoms with van der Waals surface area (Å²) in [4.78, 5) is 9.84. The molecule has 3 aromatic heterocycles. The molecule has 7 heterocycles. The number of benzene rings is 3. The Labute approximate surface area is 296 Å². The third kappa shape index (κ3) is 4.69. The molecular weight excluding hydrogens is 611 g/mol. The van der Waals surface area contributed by atoms with Gasteiger partial charge in [-0.2, -0.15) is 0 Å². The molecule has 5 heteroatoms. The third-order valence-electron chi connectivity index (χ3n) is 13.2. The van der Waals surface area contributed by atoms with Gasteiger partial charge in [0.15, 0.2) is 0 Å². The van der Waals surface area contributed by atoms with Crippen LogP contribution in [-0.4, -0.2) is 50.6 Å². The van der Waals surface area contributed by atoms with E-state index >= 15 is 0 Å². The van der Waals surface area contributed by atoms with Crippen molar-refractivity contribution in [1.82, 2.24) is 23.9 Å². The van der Waals surface area contributed by atoms with Crippen LogP contribution in [0.5, 0.6) is 0 Å². The fraction of sp³-hybridized carbons (Fsp3) is 0.400. The van der Waals surface area contributed by atoms with E-state index in [1.807, 2.05) is 12.4 Å². The number of hydrogen-bond donors (Lipinski definition) is 0. The Morgan fingerprint density at radius 3 is 1.98 bits per heavy atom. The van der Waals surface area contributed by atoms with Crippen molar-refractivity contribution in [2.24, 2.45) is 11.8 Å². The zero-order valence-electron chi connectivity index (χ0n) is 30.0. The lowest BCUT2D eigenvalue weighted by atomic mass is 9.69. The lowest BCUT2D eigenvalue weighted by Crippen LogP contribution is -2.44. The number of fused-ring (bicyclic) bond motifs is 6. The van der Waals surface area contributed by atoms with E-state index in [2.05, 4.69) is 131 Å². The summed E-state index contributed by atoms with van der Waals surface area (Å²) in [6.45, 7) is 14.6. The van der Waals surface area contributed by atoms with E-state index in [0.717, 1.165) is 45.8 Å². The third-order valence-corrected chi connectivity index (χ3v) is 13.2. The number of aryl methyl sites for hydroxylation is 2. The number of pyridine rings is 1. The van der Waals surface area contributed by atoms with Crippen LogP contribution in [0, 0.1) is 25.7 Å². The maximum atomic E-state index is 4.41. The van der Waals surface area contributed by atoms with Crippen LogP contribution in [0.15, 0.2) is 91.3 Å². The van der Waals surface area contributed by atoms with Gasteiger partial charge in [-0.3, -0.25) is 9.88 Å². The fourth-order valence-corrected chi connectivity index (χ4v) is 11.3. The number of aromatic nitrogens is 3. The van der Waals surface area contributed by atoms with Gasteiger partial charge in [0.1, 0.15) is 0 Å². The summed E-state index contributed by atoms with van der Waals surface area (Å²) in [6, 6.07) is 30.5. The molecule has 0 aliphatic carbocycles. The van der Waals surface area contributed by atoms with E-state index in [1.165, 1.54) is 50.5 Å². The Kier molecular flexibility index (Phi) is 7.15. The van der Waals surface area contributed by atoms with Crippen LogP contribution < -0.4 is 0 Å². The Bertz CT molecular complexity index is 2230. The van der Waals surface area contributed by atoms with Crippen molar-refractivity contribution < 1.29 is 0 Å². The van der Waals surface area contributed by atoms with Gasteiger partial charge in [0, 0.05) is 96.7 Å². The van der Waals surface area contributed by atoms with Crippen molar-refractivity contribution in [2.45, 2.75) is 77.0 Å². The van der Waals surface area contributed by atoms with E-state index in [0.29, 0.717) is 35.5 Å². The minimum Gasteiger partial charge on any atom is -0.344 e. The molecule has 6 unspecified atom stereocenters. The van der Waals surface area contributed by atoms with Crippen molar-refractivity contribution in [2.75, 3.05) is 26.7 Å². The van der Waals surface area contributed by atoms with Crippen LogP contribution in [0.4, 0.5) is 0 Å². The van der Waals surface area contributed by atoms with E-state index in [1.54, 1.807) is 22.5 Å². The molecule has 0 amide bonds. The first kappa shape index (κ1) is 30.6. The molecule has 0 fully saturated rings. The van der Waals surface area contributed by atoms with Crippen LogP contribution in [-0.2, 0) is 26.2 Å². The lowest BCUT2D eigenvalue weighted by molar-refractivity contribution is 0.145. The molecule has 254 valence electrons. The van der Waals surface area contributed by atoms with Gasteiger partial charge in [0.2, 0.25) is 0 Å². The maximum Gasteiger partial charge on any atom is 0.0486 e. The van der Waals surface area contributed by atoms with Gasteiger partial charge in [-0.1, -0.05) is 60.5 Å². The molecule has 0 saturated heterocycles. The topological polar surface area (TPSA) is 29.2 Å². The highest BCUT2D eigenvalue weighted by atomic mass is 15.2. The highest BCUT2D eigenvalue weighted by molar-refractivity contribution is 5.88. The molecule has 3 aromatic carbocycles. The minimum atomic E-state index is 0.478. The molecule has 0 bridgehead atoms. The van der Waals surface area contributed by atoms with Crippen molar-refractivity contribution in [3.63, 3.8) is 0 Å². The monoisotopic (exact) mass is 659 g/mol. The molecule has 4 aliphatic heterocycles. The fourth-order valence-electron chi connectivity index (χ4n) is 11.3. The summed E-state index contributed by atoms with van der Waals surface area (Å²) in [5.74, 6) is 3.12. The van der Waals surface area contributed by atoms with Gasteiger partial charge in [-0.15, -0.1) is 0 Å². The first-order valence-corrected chi connectivity index (χ1v) is 19.0. The first-order chi connectivity index (χ1) is 24.4. The van der Waals surface area contributed by atoms with Gasteiger partial charge in [0.05, 0.1) is 0 Å². The first-order valence-electron chi connectivity index (χ1n) is 19.0. The molecule has 5 nitrogen and oxygen atoms in total. The summed E-state index contributed by atoms with van der Waals surface area (Å²) in [7, 11) is 2.33. The summed E-state index contributed by atoms with van der Waals surface area (Å²) < 4.78 is 5.47. The van der Waals surface area contributed by atoms with Gasteiger partial charge in [0.25, 0.3) is 0 Å². The van der Waals surface area contributed by atoms with E-state index in [-0.39, 0.29) is 0 Å². The molecule has 0 spiro atoms. The van der Waals surface area contributed by atoms with E-state index in [9.17, 15) is 0 Å². The van der Waals surface area contributed by atoms with Gasteiger partial charge in [-0.25, -0.2) is 0 Å². The smallest absolute Gasteiger partial charge is 0.0486 e. The molecule has 10 rings (SSSR count). The molecule has 6 atom stereocenters. The van der Waals surface area contributed by atoms with Crippen molar-refractivity contribution in [3.05, 3.63) is 136 Å². The Balaban J connectivity index is 1.04. The number of rotatable bonds is 5. The van der Waals surface area contributed by atoms with Crippen molar-refractivity contribution in [3.8, 4) is 0 Å². The lowest BCUT2D eigenvalue weighted by Gasteiger charge is -2.46. The molecule has 0 N–H and O–H groups in total. The second kappa shape index (κ2) is 11.7. The van der Waals surface area contributed by atoms with Crippen LogP contribution in [0.3, 0.4) is 0 Å². The predicted octanol–water partition coefficient (Wildman–Crippen LogP) is 8.97. The molecule has 4 aliphatic rings. The average molecular weight is 660 g/mol. The van der Waals surface area contributed by atoms with Crippen molar-refractivity contribution >= 4 is 21.8 Å². The van der Waals surface area contributed by atoms with Gasteiger partial charge >= 0.3 is 0 Å². The van der Waals surface area contributed by atoms with Crippen molar-refractivity contribution in [1.29, 1.82) is 0 Å². The van der Waals surface area contributed by atoms with E-state index in [4.69, 9.17) is 0 Å². The number of hydrogen-bond acceptors (Lipinski definition) is 3. The average Bonchev–Trinajstić information content (AvgIpc) is 3.59. The zero-order chi connectivity index (χ0) is 33.7. The molecule has 6 aromatic rings. The van der Waals surface area contributed by atoms with Crippen LogP contribution >= 0.6 is 0 Å². The van der Waals surface area contributed by atoms with Gasteiger partial charge in [-0.05, 0) is 116 Å². The highest BCUT2D eigenvalue weighted by Crippen LogP contribution is 2.53.